The topological polar surface area (TPSA) is 38.3 Å². The van der Waals surface area contributed by atoms with Gasteiger partial charge in [-0.05, 0) is 51.5 Å². The van der Waals surface area contributed by atoms with Crippen LogP contribution in [0.25, 0.3) is 0 Å². The van der Waals surface area contributed by atoms with E-state index in [0.717, 1.165) is 0 Å². The molecule has 0 aliphatic carbocycles. The molecule has 0 saturated heterocycles. The molecule has 1 atom stereocenters. The van der Waals surface area contributed by atoms with E-state index in [4.69, 9.17) is 4.74 Å². The first-order valence-electron chi connectivity index (χ1n) is 5.46. The molecule has 0 aliphatic heterocycles. The summed E-state index contributed by atoms with van der Waals surface area (Å²) in [5, 5.41) is 2.55. The summed E-state index contributed by atoms with van der Waals surface area (Å²) in [6.07, 6.45) is -0.581. The van der Waals surface area contributed by atoms with Gasteiger partial charge >= 0.3 is 6.09 Å². The third-order valence-electron chi connectivity index (χ3n) is 1.98. The molecule has 18 heavy (non-hydrogen) atoms. The number of nitrogens with one attached hydrogen (secondary N) is 1. The Hall–Kier alpha value is -1.10. The summed E-state index contributed by atoms with van der Waals surface area (Å²) < 4.78 is 18.9. The van der Waals surface area contributed by atoms with Crippen molar-refractivity contribution < 1.29 is 13.9 Å². The van der Waals surface area contributed by atoms with Crippen molar-refractivity contribution in [3.05, 3.63) is 41.0 Å². The van der Waals surface area contributed by atoms with Gasteiger partial charge in [-0.1, -0.05) is 15.9 Å². The number of halogens is 2. The SMILES string of the molecule is [CH2][C@H](NC(=O)OC(C)(C)C)c1cc(F)cc(Br)c1. The first-order chi connectivity index (χ1) is 8.17. The van der Waals surface area contributed by atoms with Crippen LogP contribution in [0.4, 0.5) is 9.18 Å². The lowest BCUT2D eigenvalue weighted by atomic mass is 10.1. The van der Waals surface area contributed by atoms with Gasteiger partial charge in [-0.15, -0.1) is 0 Å². The number of carbonyl (C=O) groups is 1. The first kappa shape index (κ1) is 15.0. The van der Waals surface area contributed by atoms with E-state index >= 15 is 0 Å². The third-order valence-corrected chi connectivity index (χ3v) is 2.44. The van der Waals surface area contributed by atoms with E-state index in [1.807, 2.05) is 0 Å². The molecule has 0 aromatic heterocycles. The standard InChI is InChI=1S/C13H16BrFNO2/c1-8(16-12(17)18-13(2,3)4)9-5-10(14)7-11(15)6-9/h5-8H,1H2,2-4H3,(H,16,17)/t8-/m0/s1. The van der Waals surface area contributed by atoms with Crippen molar-refractivity contribution in [3.8, 4) is 0 Å². The minimum Gasteiger partial charge on any atom is -0.444 e. The van der Waals surface area contributed by atoms with Gasteiger partial charge in [0.05, 0.1) is 6.04 Å². The molecule has 99 valence electrons. The fraction of sp³-hybridized carbons (Fsp3) is 0.385. The smallest absolute Gasteiger partial charge is 0.408 e. The van der Waals surface area contributed by atoms with Crippen molar-refractivity contribution in [1.29, 1.82) is 0 Å². The van der Waals surface area contributed by atoms with Crippen molar-refractivity contribution in [2.75, 3.05) is 0 Å². The Morgan fingerprint density at radius 1 is 1.44 bits per heavy atom. The maximum absolute atomic E-state index is 13.2. The predicted octanol–water partition coefficient (Wildman–Crippen LogP) is 3.99. The van der Waals surface area contributed by atoms with Crippen LogP contribution in [0.15, 0.2) is 22.7 Å². The van der Waals surface area contributed by atoms with Crippen molar-refractivity contribution in [1.82, 2.24) is 5.32 Å². The molecule has 1 amide bonds. The number of benzene rings is 1. The zero-order valence-corrected chi connectivity index (χ0v) is 12.2. The highest BCUT2D eigenvalue weighted by molar-refractivity contribution is 9.10. The fourth-order valence-electron chi connectivity index (χ4n) is 1.31. The quantitative estimate of drug-likeness (QED) is 0.896. The second-order valence-corrected chi connectivity index (χ2v) is 5.82. The van der Waals surface area contributed by atoms with Crippen molar-refractivity contribution in [2.45, 2.75) is 32.4 Å². The number of rotatable bonds is 2. The second-order valence-electron chi connectivity index (χ2n) is 4.90. The summed E-state index contributed by atoms with van der Waals surface area (Å²) in [4.78, 5) is 11.5. The monoisotopic (exact) mass is 316 g/mol. The molecule has 1 radical (unpaired) electrons. The average molecular weight is 317 g/mol. The molecule has 0 aliphatic rings. The molecule has 1 aromatic carbocycles. The molecule has 0 heterocycles. The lowest BCUT2D eigenvalue weighted by Gasteiger charge is -2.22. The van der Waals surface area contributed by atoms with Crippen molar-refractivity contribution in [2.24, 2.45) is 0 Å². The van der Waals surface area contributed by atoms with E-state index in [1.54, 1.807) is 26.8 Å². The van der Waals surface area contributed by atoms with Gasteiger partial charge < -0.3 is 10.1 Å². The molecular formula is C13H16BrFNO2. The van der Waals surface area contributed by atoms with E-state index < -0.39 is 17.7 Å². The summed E-state index contributed by atoms with van der Waals surface area (Å²) >= 11 is 3.18. The Morgan fingerprint density at radius 3 is 2.56 bits per heavy atom. The van der Waals surface area contributed by atoms with Crippen LogP contribution >= 0.6 is 15.9 Å². The van der Waals surface area contributed by atoms with Gasteiger partial charge in [-0.25, -0.2) is 9.18 Å². The highest BCUT2D eigenvalue weighted by Gasteiger charge is 2.18. The summed E-state index contributed by atoms with van der Waals surface area (Å²) in [6.45, 7) is 9.06. The highest BCUT2D eigenvalue weighted by Crippen LogP contribution is 2.20. The Morgan fingerprint density at radius 2 is 2.06 bits per heavy atom. The zero-order valence-electron chi connectivity index (χ0n) is 10.6. The largest absolute Gasteiger partial charge is 0.444 e. The summed E-state index contributed by atoms with van der Waals surface area (Å²) in [5.74, 6) is -0.390. The Balaban J connectivity index is 2.70. The molecule has 1 N–H and O–H groups in total. The second kappa shape index (κ2) is 5.69. The number of amides is 1. The van der Waals surface area contributed by atoms with Crippen LogP contribution in [0.2, 0.25) is 0 Å². The lowest BCUT2D eigenvalue weighted by Crippen LogP contribution is -2.34. The minimum absolute atomic E-state index is 0.390. The van der Waals surface area contributed by atoms with Crippen LogP contribution < -0.4 is 5.32 Å². The van der Waals surface area contributed by atoms with Crippen LogP contribution in [0.3, 0.4) is 0 Å². The minimum atomic E-state index is -0.581. The van der Waals surface area contributed by atoms with Crippen LogP contribution in [0.5, 0.6) is 0 Å². The van der Waals surface area contributed by atoms with E-state index in [-0.39, 0.29) is 5.82 Å². The van der Waals surface area contributed by atoms with E-state index in [2.05, 4.69) is 28.2 Å². The third kappa shape index (κ3) is 5.04. The molecule has 1 aromatic rings. The van der Waals surface area contributed by atoms with Gasteiger partial charge in [0.15, 0.2) is 0 Å². The number of alkyl carbamates (subject to hydrolysis) is 1. The van der Waals surface area contributed by atoms with Crippen LogP contribution in [-0.4, -0.2) is 11.7 Å². The number of carbonyl (C=O) groups excluding carboxylic acids is 1. The first-order valence-corrected chi connectivity index (χ1v) is 6.25. The van der Waals surface area contributed by atoms with Gasteiger partial charge in [-0.3, -0.25) is 0 Å². The maximum Gasteiger partial charge on any atom is 0.408 e. The highest BCUT2D eigenvalue weighted by atomic mass is 79.9. The Bertz CT molecular complexity index is 423. The van der Waals surface area contributed by atoms with Gasteiger partial charge in [0.1, 0.15) is 11.4 Å². The normalized spacial score (nSPS) is 13.0. The van der Waals surface area contributed by atoms with Gasteiger partial charge in [0.2, 0.25) is 0 Å². The fourth-order valence-corrected chi connectivity index (χ4v) is 1.79. The van der Waals surface area contributed by atoms with Crippen molar-refractivity contribution >= 4 is 22.0 Å². The van der Waals surface area contributed by atoms with Gasteiger partial charge in [0.25, 0.3) is 0 Å². The number of hydrogen-bond donors (Lipinski definition) is 1. The van der Waals surface area contributed by atoms with Crippen molar-refractivity contribution in [3.63, 3.8) is 0 Å². The Labute approximate surface area is 115 Å². The maximum atomic E-state index is 13.2. The summed E-state index contributed by atoms with van der Waals surface area (Å²) in [6, 6.07) is 3.77. The molecule has 0 fully saturated rings. The molecule has 3 nitrogen and oxygen atoms in total. The van der Waals surface area contributed by atoms with Crippen LogP contribution in [-0.2, 0) is 4.74 Å². The number of hydrogen-bond acceptors (Lipinski definition) is 2. The van der Waals surface area contributed by atoms with E-state index in [0.29, 0.717) is 10.0 Å². The predicted molar refractivity (Wildman–Crippen MR) is 71.6 cm³/mol. The molecule has 5 heteroatoms. The molecule has 1 rings (SSSR count). The lowest BCUT2D eigenvalue weighted by molar-refractivity contribution is 0.0513. The van der Waals surface area contributed by atoms with Gasteiger partial charge in [0, 0.05) is 4.47 Å². The van der Waals surface area contributed by atoms with E-state index in [1.165, 1.54) is 12.1 Å². The molecule has 0 spiro atoms. The Kier molecular flexibility index (Phi) is 4.73. The summed E-state index contributed by atoms with van der Waals surface area (Å²) in [7, 11) is 0. The molecular weight excluding hydrogens is 301 g/mol. The molecule has 0 saturated carbocycles. The van der Waals surface area contributed by atoms with Crippen LogP contribution in [0.1, 0.15) is 32.4 Å². The van der Waals surface area contributed by atoms with E-state index in [9.17, 15) is 9.18 Å². The van der Waals surface area contributed by atoms with Crippen LogP contribution in [0, 0.1) is 12.7 Å². The average Bonchev–Trinajstić information content (AvgIpc) is 2.12. The molecule has 0 unspecified atom stereocenters. The van der Waals surface area contributed by atoms with Gasteiger partial charge in [-0.2, -0.15) is 0 Å². The summed E-state index contributed by atoms with van der Waals surface area (Å²) in [5.41, 5.74) is -0.0143. The zero-order chi connectivity index (χ0) is 13.9. The molecule has 0 bridgehead atoms. The number of ether oxygens (including phenoxy) is 1.